The van der Waals surface area contributed by atoms with Gasteiger partial charge in [-0.1, -0.05) is 60.1 Å². The number of nitrogens with zero attached hydrogens (tertiary/aromatic N) is 1. The summed E-state index contributed by atoms with van der Waals surface area (Å²) in [6.07, 6.45) is 2.93. The van der Waals surface area contributed by atoms with Crippen molar-refractivity contribution >= 4 is 45.7 Å². The lowest BCUT2D eigenvalue weighted by Gasteiger charge is -2.31. The minimum absolute atomic E-state index is 0.134. The van der Waals surface area contributed by atoms with Crippen LogP contribution in [0.2, 0.25) is 5.02 Å². The van der Waals surface area contributed by atoms with E-state index < -0.39 is 11.9 Å². The van der Waals surface area contributed by atoms with Gasteiger partial charge < -0.3 is 14.4 Å². The van der Waals surface area contributed by atoms with E-state index in [2.05, 4.69) is 0 Å². The largest absolute Gasteiger partial charge is 0.495 e. The summed E-state index contributed by atoms with van der Waals surface area (Å²) in [5.41, 5.74) is 4.53. The molecule has 0 aliphatic heterocycles. The monoisotopic (exact) mass is 441 g/mol. The average molecular weight is 442 g/mol. The Morgan fingerprint density at radius 1 is 1.23 bits per heavy atom. The number of aryl methyl sites for hydroxylation is 1. The van der Waals surface area contributed by atoms with Crippen LogP contribution in [0.4, 0.5) is 0 Å². The number of hydrogen-bond donors (Lipinski definition) is 1. The Kier molecular flexibility index (Phi) is 5.60. The number of benzene rings is 2. The molecule has 1 heterocycles. The first-order valence-corrected chi connectivity index (χ1v) is 10.8. The number of carboxylic acid groups (broad SMARTS) is 1. The third-order valence-electron chi connectivity index (χ3n) is 6.23. The summed E-state index contributed by atoms with van der Waals surface area (Å²) in [4.78, 5) is 13.0. The van der Waals surface area contributed by atoms with Gasteiger partial charge in [0.15, 0.2) is 0 Å². The number of rotatable bonds is 5. The number of thiocarbonyl (C=S) groups is 1. The highest BCUT2D eigenvalue weighted by Crippen LogP contribution is 2.45. The summed E-state index contributed by atoms with van der Waals surface area (Å²) < 4.78 is 7.40. The van der Waals surface area contributed by atoms with E-state index in [0.29, 0.717) is 15.8 Å². The van der Waals surface area contributed by atoms with Gasteiger partial charge in [0.25, 0.3) is 0 Å². The maximum absolute atomic E-state index is 12.3. The van der Waals surface area contributed by atoms with Crippen molar-refractivity contribution in [3.05, 3.63) is 63.8 Å². The molecule has 1 N–H and O–H groups in total. The second-order valence-electron chi connectivity index (χ2n) is 8.02. The molecular weight excluding hydrogens is 418 g/mol. The second kappa shape index (κ2) is 8.05. The third kappa shape index (κ3) is 3.40. The van der Waals surface area contributed by atoms with E-state index in [1.165, 1.54) is 0 Å². The van der Waals surface area contributed by atoms with Crippen LogP contribution in [-0.2, 0) is 4.79 Å². The van der Waals surface area contributed by atoms with Crippen LogP contribution >= 0.6 is 23.8 Å². The lowest BCUT2D eigenvalue weighted by Crippen LogP contribution is -2.27. The zero-order valence-corrected chi connectivity index (χ0v) is 18.8. The van der Waals surface area contributed by atoms with E-state index in [-0.39, 0.29) is 5.92 Å². The summed E-state index contributed by atoms with van der Waals surface area (Å²) in [6.45, 7) is 3.98. The Hall–Kier alpha value is -2.37. The summed E-state index contributed by atoms with van der Waals surface area (Å²) in [7, 11) is 1.56. The van der Waals surface area contributed by atoms with Crippen LogP contribution < -0.4 is 4.74 Å². The quantitative estimate of drug-likeness (QED) is 0.485. The molecule has 1 aliphatic rings. The highest BCUT2D eigenvalue weighted by Gasteiger charge is 2.38. The SMILES string of the molecule is COc1cc2c(C(C(=O)O)C3CCC3)c(C)n(C(=S)c3ccc(C)cc3)c2cc1Cl. The summed E-state index contributed by atoms with van der Waals surface area (Å²) in [5, 5.41) is 11.4. The lowest BCUT2D eigenvalue weighted by molar-refractivity contribution is -0.141. The van der Waals surface area contributed by atoms with Crippen LogP contribution in [0.25, 0.3) is 10.9 Å². The highest BCUT2D eigenvalue weighted by atomic mass is 35.5. The number of ether oxygens (including phenoxy) is 1. The van der Waals surface area contributed by atoms with E-state index in [1.54, 1.807) is 7.11 Å². The molecule has 4 nitrogen and oxygen atoms in total. The molecule has 0 radical (unpaired) electrons. The second-order valence-corrected chi connectivity index (χ2v) is 8.81. The van der Waals surface area contributed by atoms with Crippen molar-refractivity contribution in [1.82, 2.24) is 4.57 Å². The minimum Gasteiger partial charge on any atom is -0.495 e. The predicted molar refractivity (Wildman–Crippen MR) is 124 cm³/mol. The van der Waals surface area contributed by atoms with Crippen molar-refractivity contribution in [2.45, 2.75) is 39.0 Å². The van der Waals surface area contributed by atoms with E-state index in [1.807, 2.05) is 54.8 Å². The normalized spacial score (nSPS) is 15.1. The van der Waals surface area contributed by atoms with E-state index in [4.69, 9.17) is 28.6 Å². The number of fused-ring (bicyclic) bond motifs is 1. The van der Waals surface area contributed by atoms with Crippen LogP contribution in [0.15, 0.2) is 36.4 Å². The summed E-state index contributed by atoms with van der Waals surface area (Å²) in [5.74, 6) is -0.706. The molecule has 1 fully saturated rings. The van der Waals surface area contributed by atoms with Crippen molar-refractivity contribution < 1.29 is 14.6 Å². The summed E-state index contributed by atoms with van der Waals surface area (Å²) >= 11 is 12.3. The van der Waals surface area contributed by atoms with E-state index in [0.717, 1.165) is 52.5 Å². The first-order valence-electron chi connectivity index (χ1n) is 10.1. The maximum atomic E-state index is 12.3. The average Bonchev–Trinajstić information content (AvgIpc) is 2.94. The number of aromatic nitrogens is 1. The van der Waals surface area contributed by atoms with Gasteiger partial charge in [-0.05, 0) is 50.3 Å². The van der Waals surface area contributed by atoms with Gasteiger partial charge in [0.2, 0.25) is 0 Å². The standard InChI is InChI=1S/C24H24ClNO3S/c1-13-7-9-16(10-8-13)23(30)26-14(2)21(22(24(27)28)15-5-4-6-15)17-11-20(29-3)18(25)12-19(17)26/h7-12,15,22H,4-6H2,1-3H3,(H,27,28). The Labute approximate surface area is 186 Å². The number of halogens is 1. The van der Waals surface area contributed by atoms with Crippen molar-refractivity contribution in [2.75, 3.05) is 7.11 Å². The van der Waals surface area contributed by atoms with Gasteiger partial charge in [-0.3, -0.25) is 4.79 Å². The van der Waals surface area contributed by atoms with Crippen LogP contribution in [0.1, 0.15) is 47.6 Å². The lowest BCUT2D eigenvalue weighted by atomic mass is 9.72. The Balaban J connectivity index is 1.99. The van der Waals surface area contributed by atoms with Crippen molar-refractivity contribution in [1.29, 1.82) is 0 Å². The van der Waals surface area contributed by atoms with Gasteiger partial charge in [-0.15, -0.1) is 0 Å². The fourth-order valence-electron chi connectivity index (χ4n) is 4.41. The molecule has 0 spiro atoms. The minimum atomic E-state index is -0.794. The van der Waals surface area contributed by atoms with Gasteiger partial charge in [-0.25, -0.2) is 0 Å². The maximum Gasteiger partial charge on any atom is 0.311 e. The van der Waals surface area contributed by atoms with Crippen molar-refractivity contribution in [3.63, 3.8) is 0 Å². The van der Waals surface area contributed by atoms with Crippen LogP contribution in [0.5, 0.6) is 5.75 Å². The molecule has 1 saturated carbocycles. The smallest absolute Gasteiger partial charge is 0.311 e. The predicted octanol–water partition coefficient (Wildman–Crippen LogP) is 6.11. The topological polar surface area (TPSA) is 51.5 Å². The first kappa shape index (κ1) is 20.9. The van der Waals surface area contributed by atoms with E-state index >= 15 is 0 Å². The molecule has 1 unspecified atom stereocenters. The Bertz CT molecular complexity index is 1150. The van der Waals surface area contributed by atoms with Crippen LogP contribution in [-0.4, -0.2) is 27.7 Å². The molecule has 1 aromatic heterocycles. The number of carboxylic acids is 1. The molecule has 3 aromatic rings. The Morgan fingerprint density at radius 3 is 2.43 bits per heavy atom. The molecule has 156 valence electrons. The number of aliphatic carboxylic acids is 1. The molecule has 0 bridgehead atoms. The first-order chi connectivity index (χ1) is 14.3. The van der Waals surface area contributed by atoms with Gasteiger partial charge in [0, 0.05) is 16.6 Å². The number of methoxy groups -OCH3 is 1. The molecule has 0 saturated heterocycles. The molecule has 1 aliphatic carbocycles. The van der Waals surface area contributed by atoms with Crippen LogP contribution in [0, 0.1) is 19.8 Å². The highest BCUT2D eigenvalue weighted by molar-refractivity contribution is 7.80. The Morgan fingerprint density at radius 2 is 1.90 bits per heavy atom. The fourth-order valence-corrected chi connectivity index (χ4v) is 5.02. The molecule has 2 aromatic carbocycles. The third-order valence-corrected chi connectivity index (χ3v) is 6.94. The van der Waals surface area contributed by atoms with Crippen LogP contribution in [0.3, 0.4) is 0 Å². The zero-order chi connectivity index (χ0) is 21.6. The fraction of sp³-hybridized carbons (Fsp3) is 0.333. The van der Waals surface area contributed by atoms with E-state index in [9.17, 15) is 9.90 Å². The molecule has 4 rings (SSSR count). The molecular formula is C24H24ClNO3S. The number of carbonyl (C=O) groups is 1. The molecule has 6 heteroatoms. The van der Waals surface area contributed by atoms with Crippen molar-refractivity contribution in [3.8, 4) is 5.75 Å². The van der Waals surface area contributed by atoms with Crippen molar-refractivity contribution in [2.24, 2.45) is 5.92 Å². The van der Waals surface area contributed by atoms with Gasteiger partial charge in [-0.2, -0.15) is 0 Å². The number of hydrogen-bond acceptors (Lipinski definition) is 3. The molecule has 1 atom stereocenters. The zero-order valence-electron chi connectivity index (χ0n) is 17.2. The molecule has 0 amide bonds. The van der Waals surface area contributed by atoms with Gasteiger partial charge in [0.05, 0.1) is 23.6 Å². The van der Waals surface area contributed by atoms with Gasteiger partial charge in [0.1, 0.15) is 10.7 Å². The summed E-state index contributed by atoms with van der Waals surface area (Å²) in [6, 6.07) is 11.7. The molecule has 30 heavy (non-hydrogen) atoms. The van der Waals surface area contributed by atoms with Gasteiger partial charge >= 0.3 is 5.97 Å².